The minimum atomic E-state index is -0.0322. The second-order valence-corrected chi connectivity index (χ2v) is 4.38. The van der Waals surface area contributed by atoms with Crippen LogP contribution in [0.15, 0.2) is 0 Å². The Balaban J connectivity index is 1.81. The molecule has 84 valence electrons. The molecule has 0 aromatic carbocycles. The van der Waals surface area contributed by atoms with Gasteiger partial charge in [0.1, 0.15) is 5.88 Å². The molecule has 4 nitrogen and oxygen atoms in total. The van der Waals surface area contributed by atoms with Gasteiger partial charge in [0, 0.05) is 32.1 Å². The lowest BCUT2D eigenvalue weighted by Gasteiger charge is -2.34. The van der Waals surface area contributed by atoms with E-state index in [2.05, 4.69) is 0 Å². The number of halogens is 1. The van der Waals surface area contributed by atoms with Crippen LogP contribution in [0.4, 0.5) is 0 Å². The van der Waals surface area contributed by atoms with Crippen molar-refractivity contribution in [2.45, 2.75) is 12.8 Å². The SMILES string of the molecule is O=C(CCl)N1CCN(C(=O)C2CC2)CC1. The average Bonchev–Trinajstić information content (AvgIpc) is 3.11. The van der Waals surface area contributed by atoms with Crippen LogP contribution in [-0.4, -0.2) is 53.7 Å². The highest BCUT2D eigenvalue weighted by Crippen LogP contribution is 2.31. The van der Waals surface area contributed by atoms with Crippen molar-refractivity contribution in [1.29, 1.82) is 0 Å². The van der Waals surface area contributed by atoms with Crippen molar-refractivity contribution in [1.82, 2.24) is 9.80 Å². The number of carbonyl (C=O) groups is 2. The Morgan fingerprint density at radius 3 is 2.07 bits per heavy atom. The Hall–Kier alpha value is -0.770. The number of hydrogen-bond donors (Lipinski definition) is 0. The van der Waals surface area contributed by atoms with E-state index < -0.39 is 0 Å². The van der Waals surface area contributed by atoms with Gasteiger partial charge in [-0.1, -0.05) is 0 Å². The molecule has 0 bridgehead atoms. The maximum atomic E-state index is 11.7. The third-order valence-electron chi connectivity index (χ3n) is 2.98. The van der Waals surface area contributed by atoms with E-state index in [-0.39, 0.29) is 23.6 Å². The summed E-state index contributed by atoms with van der Waals surface area (Å²) >= 11 is 5.47. The van der Waals surface area contributed by atoms with E-state index in [1.54, 1.807) is 4.90 Å². The highest BCUT2D eigenvalue weighted by atomic mass is 35.5. The lowest BCUT2D eigenvalue weighted by Crippen LogP contribution is -2.51. The van der Waals surface area contributed by atoms with Crippen LogP contribution in [0.25, 0.3) is 0 Å². The smallest absolute Gasteiger partial charge is 0.237 e. The van der Waals surface area contributed by atoms with Crippen molar-refractivity contribution >= 4 is 23.4 Å². The third-order valence-corrected chi connectivity index (χ3v) is 3.21. The molecule has 0 N–H and O–H groups in total. The van der Waals surface area contributed by atoms with Gasteiger partial charge in [-0.15, -0.1) is 11.6 Å². The van der Waals surface area contributed by atoms with Gasteiger partial charge in [0.2, 0.25) is 11.8 Å². The Morgan fingerprint density at radius 2 is 1.60 bits per heavy atom. The van der Waals surface area contributed by atoms with E-state index in [0.29, 0.717) is 26.2 Å². The van der Waals surface area contributed by atoms with Gasteiger partial charge in [0.15, 0.2) is 0 Å². The zero-order chi connectivity index (χ0) is 10.8. The zero-order valence-corrected chi connectivity index (χ0v) is 9.37. The summed E-state index contributed by atoms with van der Waals surface area (Å²) in [6.07, 6.45) is 2.08. The van der Waals surface area contributed by atoms with Crippen molar-refractivity contribution in [2.75, 3.05) is 32.1 Å². The quantitative estimate of drug-likeness (QED) is 0.641. The molecule has 0 unspecified atom stereocenters. The van der Waals surface area contributed by atoms with Crippen molar-refractivity contribution in [3.8, 4) is 0 Å². The number of hydrogen-bond acceptors (Lipinski definition) is 2. The molecule has 1 aliphatic carbocycles. The number of rotatable bonds is 2. The lowest BCUT2D eigenvalue weighted by atomic mass is 10.2. The Labute approximate surface area is 94.2 Å². The highest BCUT2D eigenvalue weighted by molar-refractivity contribution is 6.27. The lowest BCUT2D eigenvalue weighted by molar-refractivity contribution is -0.139. The van der Waals surface area contributed by atoms with E-state index in [0.717, 1.165) is 12.8 Å². The summed E-state index contributed by atoms with van der Waals surface area (Å²) in [6, 6.07) is 0. The van der Waals surface area contributed by atoms with E-state index >= 15 is 0 Å². The molecule has 0 spiro atoms. The first-order valence-electron chi connectivity index (χ1n) is 5.35. The Kier molecular flexibility index (Phi) is 3.14. The molecule has 2 rings (SSSR count). The van der Waals surface area contributed by atoms with E-state index in [9.17, 15) is 9.59 Å². The Morgan fingerprint density at radius 1 is 1.07 bits per heavy atom. The molecular formula is C10H15ClN2O2. The molecular weight excluding hydrogens is 216 g/mol. The van der Waals surface area contributed by atoms with Crippen molar-refractivity contribution < 1.29 is 9.59 Å². The molecule has 0 atom stereocenters. The van der Waals surface area contributed by atoms with Gasteiger partial charge in [-0.05, 0) is 12.8 Å². The normalized spacial score (nSPS) is 21.7. The Bertz CT molecular complexity index is 271. The topological polar surface area (TPSA) is 40.6 Å². The van der Waals surface area contributed by atoms with Crippen molar-refractivity contribution in [3.05, 3.63) is 0 Å². The molecule has 0 aromatic rings. The van der Waals surface area contributed by atoms with Gasteiger partial charge in [-0.2, -0.15) is 0 Å². The first-order chi connectivity index (χ1) is 7.22. The molecule has 5 heteroatoms. The fourth-order valence-corrected chi connectivity index (χ4v) is 2.02. The molecule has 2 amide bonds. The largest absolute Gasteiger partial charge is 0.339 e. The molecule has 2 fully saturated rings. The second-order valence-electron chi connectivity index (χ2n) is 4.11. The molecule has 1 saturated heterocycles. The van der Waals surface area contributed by atoms with E-state index in [1.165, 1.54) is 0 Å². The molecule has 0 radical (unpaired) electrons. The van der Waals surface area contributed by atoms with Gasteiger partial charge < -0.3 is 9.80 Å². The minimum Gasteiger partial charge on any atom is -0.339 e. The fraction of sp³-hybridized carbons (Fsp3) is 0.800. The summed E-state index contributed by atoms with van der Waals surface area (Å²) in [5, 5.41) is 0. The highest BCUT2D eigenvalue weighted by Gasteiger charge is 2.34. The number of alkyl halides is 1. The standard InChI is InChI=1S/C10H15ClN2O2/c11-7-9(14)12-3-5-13(6-4-12)10(15)8-1-2-8/h8H,1-7H2. The summed E-state index contributed by atoms with van der Waals surface area (Å²) < 4.78 is 0. The molecule has 0 aromatic heterocycles. The van der Waals surface area contributed by atoms with Gasteiger partial charge in [0.25, 0.3) is 0 Å². The molecule has 2 aliphatic rings. The first kappa shape index (κ1) is 10.7. The summed E-state index contributed by atoms with van der Waals surface area (Å²) in [4.78, 5) is 26.6. The number of nitrogens with zero attached hydrogens (tertiary/aromatic N) is 2. The van der Waals surface area contributed by atoms with Crippen LogP contribution in [0.5, 0.6) is 0 Å². The van der Waals surface area contributed by atoms with Crippen LogP contribution in [0.1, 0.15) is 12.8 Å². The zero-order valence-electron chi connectivity index (χ0n) is 8.62. The van der Waals surface area contributed by atoms with Crippen molar-refractivity contribution in [3.63, 3.8) is 0 Å². The van der Waals surface area contributed by atoms with Gasteiger partial charge in [-0.3, -0.25) is 9.59 Å². The monoisotopic (exact) mass is 230 g/mol. The second kappa shape index (κ2) is 4.39. The maximum Gasteiger partial charge on any atom is 0.237 e. The summed E-state index contributed by atoms with van der Waals surface area (Å²) in [7, 11) is 0. The van der Waals surface area contributed by atoms with Crippen LogP contribution in [0.3, 0.4) is 0 Å². The number of amides is 2. The number of carbonyl (C=O) groups excluding carboxylic acids is 2. The summed E-state index contributed by atoms with van der Waals surface area (Å²) in [5.41, 5.74) is 0. The maximum absolute atomic E-state index is 11.7. The first-order valence-corrected chi connectivity index (χ1v) is 5.88. The van der Waals surface area contributed by atoms with E-state index in [4.69, 9.17) is 11.6 Å². The summed E-state index contributed by atoms with van der Waals surface area (Å²) in [6.45, 7) is 2.59. The predicted molar refractivity (Wildman–Crippen MR) is 56.6 cm³/mol. The van der Waals surface area contributed by atoms with Crippen LogP contribution >= 0.6 is 11.6 Å². The predicted octanol–water partition coefficient (Wildman–Crippen LogP) is 0.306. The van der Waals surface area contributed by atoms with Gasteiger partial charge >= 0.3 is 0 Å². The van der Waals surface area contributed by atoms with Crippen LogP contribution < -0.4 is 0 Å². The van der Waals surface area contributed by atoms with E-state index in [1.807, 2.05) is 4.90 Å². The molecule has 1 aliphatic heterocycles. The van der Waals surface area contributed by atoms with Crippen LogP contribution in [0.2, 0.25) is 0 Å². The average molecular weight is 231 g/mol. The molecule has 1 heterocycles. The van der Waals surface area contributed by atoms with Crippen LogP contribution in [-0.2, 0) is 9.59 Å². The van der Waals surface area contributed by atoms with Crippen molar-refractivity contribution in [2.24, 2.45) is 5.92 Å². The minimum absolute atomic E-state index is 0.0322. The van der Waals surface area contributed by atoms with Crippen LogP contribution in [0, 0.1) is 5.92 Å². The third kappa shape index (κ3) is 2.43. The van der Waals surface area contributed by atoms with Gasteiger partial charge in [-0.25, -0.2) is 0 Å². The molecule has 15 heavy (non-hydrogen) atoms. The fourth-order valence-electron chi connectivity index (χ4n) is 1.85. The van der Waals surface area contributed by atoms with Gasteiger partial charge in [0.05, 0.1) is 0 Å². The number of piperazine rings is 1. The molecule has 1 saturated carbocycles. The summed E-state index contributed by atoms with van der Waals surface area (Å²) in [5.74, 6) is 0.555.